The van der Waals surface area contributed by atoms with Crippen LogP contribution in [0.5, 0.6) is 5.75 Å². The predicted octanol–water partition coefficient (Wildman–Crippen LogP) is 6.57. The molecule has 6 rings (SSSR count). The van der Waals surface area contributed by atoms with Crippen molar-refractivity contribution in [1.82, 2.24) is 14.9 Å². The minimum absolute atomic E-state index is 0.217. The Morgan fingerprint density at radius 2 is 1.87 bits per heavy atom. The van der Waals surface area contributed by atoms with Crippen LogP contribution in [0, 0.1) is 0 Å². The number of fused-ring (bicyclic) bond motifs is 1. The number of nitrogens with two attached hydrogens (primary N) is 1. The summed E-state index contributed by atoms with van der Waals surface area (Å²) in [4.78, 5) is 42.9. The van der Waals surface area contributed by atoms with Crippen molar-refractivity contribution in [2.75, 3.05) is 17.7 Å². The zero-order valence-corrected chi connectivity index (χ0v) is 26.4. The van der Waals surface area contributed by atoms with E-state index in [2.05, 4.69) is 20.2 Å². The maximum Gasteiger partial charge on any atom is 0.364 e. The monoisotopic (exact) mass is 639 g/mol. The third-order valence-corrected chi connectivity index (χ3v) is 9.33. The van der Waals surface area contributed by atoms with E-state index in [4.69, 9.17) is 15.6 Å². The highest BCUT2D eigenvalue weighted by Crippen LogP contribution is 2.44. The van der Waals surface area contributed by atoms with Crippen LogP contribution >= 0.6 is 0 Å². The molecule has 10 nitrogen and oxygen atoms in total. The van der Waals surface area contributed by atoms with Crippen LogP contribution in [0.4, 0.5) is 15.9 Å². The van der Waals surface area contributed by atoms with E-state index in [0.717, 1.165) is 47.6 Å². The highest BCUT2D eigenvalue weighted by atomic mass is 19.1. The largest absolute Gasteiger partial charge is 0.493 e. The molecule has 0 saturated heterocycles. The molecule has 11 heteroatoms. The number of carbonyl (C=O) groups is 3. The van der Waals surface area contributed by atoms with E-state index in [9.17, 15) is 18.8 Å². The molecule has 4 aromatic rings. The number of pyridine rings is 1. The molecule has 0 aliphatic heterocycles. The fourth-order valence-electron chi connectivity index (χ4n) is 6.82. The van der Waals surface area contributed by atoms with Crippen molar-refractivity contribution in [2.45, 2.75) is 63.3 Å². The highest BCUT2D eigenvalue weighted by molar-refractivity contribution is 6.06. The zero-order valence-electron chi connectivity index (χ0n) is 26.4. The number of anilines is 2. The van der Waals surface area contributed by atoms with Gasteiger partial charge >= 0.3 is 5.97 Å². The lowest BCUT2D eigenvalue weighted by Gasteiger charge is -2.40. The van der Waals surface area contributed by atoms with Crippen molar-refractivity contribution in [3.63, 3.8) is 0 Å². The number of aliphatic carboxylic acids is 1. The van der Waals surface area contributed by atoms with Gasteiger partial charge in [0.05, 0.1) is 18.0 Å². The first-order valence-corrected chi connectivity index (χ1v) is 16.0. The van der Waals surface area contributed by atoms with Crippen LogP contribution in [0.3, 0.4) is 0 Å². The Balaban J connectivity index is 1.27. The number of nitrogens with one attached hydrogen (secondary N) is 2. The molecule has 0 atom stereocenters. The molecule has 244 valence electrons. The lowest BCUT2D eigenvalue weighted by molar-refractivity contribution is -0.134. The van der Waals surface area contributed by atoms with Gasteiger partial charge in [0.1, 0.15) is 17.1 Å². The molecule has 2 aliphatic rings. The van der Waals surface area contributed by atoms with E-state index < -0.39 is 17.3 Å². The quantitative estimate of drug-likeness (QED) is 0.144. The number of aryl methyl sites for hydroxylation is 1. The molecule has 0 unspecified atom stereocenters. The number of halogens is 1. The standard InChI is InChI=1S/C36H38FN5O5/c1-3-47-29-20-24(14-12-22(29)18-26(37)34(44)45)39-35(46)36(16-7-17-36)41-33(43)23-13-15-25-28(19-23)42(2)32(27-10-6-11-30(38)40-27)31(25)21-8-4-5-9-21/h6,10-15,18-21H,3-5,7-9,16-17H2,1-2H3,(H2,38,40)(H,39,46)(H,41,43)(H,44,45)/b26-18-. The second-order valence-corrected chi connectivity index (χ2v) is 12.3. The summed E-state index contributed by atoms with van der Waals surface area (Å²) in [6, 6.07) is 15.8. The first-order chi connectivity index (χ1) is 22.6. The van der Waals surface area contributed by atoms with Crippen molar-refractivity contribution in [2.24, 2.45) is 7.05 Å². The first kappa shape index (κ1) is 31.8. The zero-order chi connectivity index (χ0) is 33.3. The smallest absolute Gasteiger partial charge is 0.364 e. The lowest BCUT2D eigenvalue weighted by atomic mass is 9.75. The second-order valence-electron chi connectivity index (χ2n) is 12.3. The van der Waals surface area contributed by atoms with E-state index in [-0.39, 0.29) is 29.7 Å². The Hall–Kier alpha value is -5.19. The van der Waals surface area contributed by atoms with Crippen molar-refractivity contribution in [3.8, 4) is 17.1 Å². The number of nitrogens with zero attached hydrogens (tertiary/aromatic N) is 2. The molecule has 2 aromatic carbocycles. The number of carboxylic acid groups (broad SMARTS) is 1. The molecule has 2 amide bonds. The van der Waals surface area contributed by atoms with E-state index in [0.29, 0.717) is 35.8 Å². The maximum atomic E-state index is 13.8. The molecular weight excluding hydrogens is 601 g/mol. The first-order valence-electron chi connectivity index (χ1n) is 16.0. The number of carboxylic acids is 1. The van der Waals surface area contributed by atoms with Gasteiger partial charge in [-0.15, -0.1) is 0 Å². The Morgan fingerprint density at radius 1 is 1.11 bits per heavy atom. The van der Waals surface area contributed by atoms with Gasteiger partial charge in [-0.2, -0.15) is 4.39 Å². The topological polar surface area (TPSA) is 149 Å². The van der Waals surface area contributed by atoms with E-state index in [1.807, 2.05) is 37.4 Å². The Bertz CT molecular complexity index is 1910. The summed E-state index contributed by atoms with van der Waals surface area (Å²) >= 11 is 0. The van der Waals surface area contributed by atoms with Crippen molar-refractivity contribution in [3.05, 3.63) is 77.1 Å². The van der Waals surface area contributed by atoms with Crippen molar-refractivity contribution in [1.29, 1.82) is 0 Å². The van der Waals surface area contributed by atoms with Crippen LogP contribution in [0.25, 0.3) is 28.4 Å². The molecule has 0 radical (unpaired) electrons. The molecule has 0 bridgehead atoms. The Labute approximate surface area is 271 Å². The number of hydrogen-bond donors (Lipinski definition) is 4. The molecule has 5 N–H and O–H groups in total. The number of carbonyl (C=O) groups excluding carboxylic acids is 2. The summed E-state index contributed by atoms with van der Waals surface area (Å²) in [6.07, 6.45) is 7.11. The third-order valence-electron chi connectivity index (χ3n) is 9.33. The molecule has 2 heterocycles. The van der Waals surface area contributed by atoms with E-state index >= 15 is 0 Å². The molecule has 2 saturated carbocycles. The van der Waals surface area contributed by atoms with Gasteiger partial charge in [0, 0.05) is 40.8 Å². The number of nitrogen functional groups attached to an aromatic ring is 1. The van der Waals surface area contributed by atoms with Crippen molar-refractivity contribution >= 4 is 46.3 Å². The average Bonchev–Trinajstić information content (AvgIpc) is 3.66. The summed E-state index contributed by atoms with van der Waals surface area (Å²) in [7, 11) is 1.98. The number of amides is 2. The van der Waals surface area contributed by atoms with Gasteiger partial charge in [-0.25, -0.2) is 9.78 Å². The SMILES string of the molecule is CCOc1cc(NC(=O)C2(NC(=O)c3ccc4c(C5CCCC5)c(-c5cccc(N)n5)n(C)c4c3)CCC2)ccc1/C=C(\F)C(=O)O. The average molecular weight is 640 g/mol. The number of aromatic nitrogens is 2. The van der Waals surface area contributed by atoms with Gasteiger partial charge in [0.15, 0.2) is 0 Å². The van der Waals surface area contributed by atoms with E-state index in [1.54, 1.807) is 13.0 Å². The van der Waals surface area contributed by atoms with Gasteiger partial charge in [0.25, 0.3) is 5.91 Å². The summed E-state index contributed by atoms with van der Waals surface area (Å²) in [6.45, 7) is 1.99. The maximum absolute atomic E-state index is 13.8. The van der Waals surface area contributed by atoms with Crippen molar-refractivity contribution < 1.29 is 28.6 Å². The predicted molar refractivity (Wildman–Crippen MR) is 179 cm³/mol. The lowest BCUT2D eigenvalue weighted by Crippen LogP contribution is -2.61. The Morgan fingerprint density at radius 3 is 2.53 bits per heavy atom. The van der Waals surface area contributed by atoms with Gasteiger partial charge in [-0.05, 0) is 93.0 Å². The highest BCUT2D eigenvalue weighted by Gasteiger charge is 2.45. The van der Waals surface area contributed by atoms with E-state index in [1.165, 1.54) is 36.6 Å². The normalized spacial score (nSPS) is 16.1. The molecule has 47 heavy (non-hydrogen) atoms. The number of benzene rings is 2. The number of ether oxygens (including phenoxy) is 1. The van der Waals surface area contributed by atoms with Gasteiger partial charge in [-0.1, -0.05) is 25.0 Å². The van der Waals surface area contributed by atoms with Crippen LogP contribution in [-0.2, 0) is 16.6 Å². The molecule has 2 fully saturated rings. The minimum atomic E-state index is -1.69. The molecule has 0 spiro atoms. The summed E-state index contributed by atoms with van der Waals surface area (Å²) in [5.74, 6) is -2.70. The van der Waals surface area contributed by atoms with Gasteiger partial charge in [-0.3, -0.25) is 9.59 Å². The third kappa shape index (κ3) is 6.17. The summed E-state index contributed by atoms with van der Waals surface area (Å²) in [5, 5.41) is 15.9. The molecule has 2 aromatic heterocycles. The Kier molecular flexibility index (Phi) is 8.72. The van der Waals surface area contributed by atoms with Crippen LogP contribution < -0.4 is 21.1 Å². The number of rotatable bonds is 10. The molecule has 2 aliphatic carbocycles. The minimum Gasteiger partial charge on any atom is -0.493 e. The number of hydrogen-bond acceptors (Lipinski definition) is 6. The summed E-state index contributed by atoms with van der Waals surface area (Å²) in [5.41, 5.74) is 9.94. The van der Waals surface area contributed by atoms with Gasteiger partial charge in [0.2, 0.25) is 11.7 Å². The summed E-state index contributed by atoms with van der Waals surface area (Å²) < 4.78 is 21.5. The fourth-order valence-corrected chi connectivity index (χ4v) is 6.82. The van der Waals surface area contributed by atoms with Crippen LogP contribution in [0.15, 0.2) is 60.4 Å². The second kappa shape index (κ2) is 12.9. The van der Waals surface area contributed by atoms with Gasteiger partial charge < -0.3 is 30.8 Å². The van der Waals surface area contributed by atoms with Crippen LogP contribution in [-0.4, -0.2) is 44.6 Å². The van der Waals surface area contributed by atoms with Crippen LogP contribution in [0.2, 0.25) is 0 Å². The molecular formula is C36H38FN5O5. The van der Waals surface area contributed by atoms with Crippen LogP contribution in [0.1, 0.15) is 79.3 Å². The fraction of sp³-hybridized carbons (Fsp3) is 0.333.